The first-order chi connectivity index (χ1) is 12.1. The van der Waals surface area contributed by atoms with E-state index in [9.17, 15) is 4.79 Å². The monoisotopic (exact) mass is 493 g/mol. The Morgan fingerprint density at radius 3 is 2.54 bits per heavy atom. The van der Waals surface area contributed by atoms with Crippen molar-refractivity contribution >= 4 is 47.2 Å². The number of carbonyl (C=O) groups is 1. The molecule has 1 fully saturated rings. The fraction of sp³-hybridized carbons (Fsp3) is 0.722. The van der Waals surface area contributed by atoms with Gasteiger partial charge in [0.1, 0.15) is 5.01 Å². The molecule has 1 aliphatic rings. The van der Waals surface area contributed by atoms with E-state index in [0.29, 0.717) is 18.5 Å². The van der Waals surface area contributed by atoms with Gasteiger partial charge in [-0.05, 0) is 32.6 Å². The smallest absolute Gasteiger partial charge is 0.225 e. The third kappa shape index (κ3) is 6.68. The molecule has 0 saturated carbocycles. The average molecular weight is 493 g/mol. The first kappa shape index (κ1) is 23.1. The number of piperidine rings is 1. The fourth-order valence-corrected chi connectivity index (χ4v) is 3.90. The van der Waals surface area contributed by atoms with Gasteiger partial charge in [-0.2, -0.15) is 0 Å². The number of thiazole rings is 1. The lowest BCUT2D eigenvalue weighted by Crippen LogP contribution is -2.50. The minimum Gasteiger partial charge on any atom is -0.354 e. The van der Waals surface area contributed by atoms with E-state index in [1.165, 1.54) is 4.88 Å². The molecule has 26 heavy (non-hydrogen) atoms. The standard InChI is InChI=1S/C18H31N5OS.HI/c1-5-14(6-2)17(24)23-9-7-15(8-10-23)22-18(19-4)21-12-16-20-11-13(3)25-16;/h11,14-15H,5-10,12H2,1-4H3,(H2,19,21,22);1H. The number of aromatic nitrogens is 1. The highest BCUT2D eigenvalue weighted by Crippen LogP contribution is 2.17. The highest BCUT2D eigenvalue weighted by atomic mass is 127. The minimum atomic E-state index is 0. The van der Waals surface area contributed by atoms with Crippen LogP contribution in [0.3, 0.4) is 0 Å². The summed E-state index contributed by atoms with van der Waals surface area (Å²) in [7, 11) is 1.79. The molecule has 1 saturated heterocycles. The summed E-state index contributed by atoms with van der Waals surface area (Å²) in [5.41, 5.74) is 0. The molecule has 2 heterocycles. The Kier molecular flexibility index (Phi) is 10.4. The van der Waals surface area contributed by atoms with Gasteiger partial charge in [-0.15, -0.1) is 35.3 Å². The number of nitrogens with one attached hydrogen (secondary N) is 2. The summed E-state index contributed by atoms with van der Waals surface area (Å²) >= 11 is 1.70. The first-order valence-corrected chi connectivity index (χ1v) is 10.1. The van der Waals surface area contributed by atoms with E-state index in [0.717, 1.165) is 49.7 Å². The van der Waals surface area contributed by atoms with Crippen LogP contribution in [0.5, 0.6) is 0 Å². The van der Waals surface area contributed by atoms with Crippen molar-refractivity contribution in [2.75, 3.05) is 20.1 Å². The second kappa shape index (κ2) is 11.7. The molecular weight excluding hydrogens is 461 g/mol. The van der Waals surface area contributed by atoms with Gasteiger partial charge in [0.15, 0.2) is 5.96 Å². The van der Waals surface area contributed by atoms with Crippen LogP contribution in [0.2, 0.25) is 0 Å². The van der Waals surface area contributed by atoms with Crippen LogP contribution in [0.4, 0.5) is 0 Å². The zero-order valence-electron chi connectivity index (χ0n) is 16.2. The predicted molar refractivity (Wildman–Crippen MR) is 119 cm³/mol. The quantitative estimate of drug-likeness (QED) is 0.363. The van der Waals surface area contributed by atoms with Gasteiger partial charge in [-0.25, -0.2) is 4.98 Å². The molecule has 148 valence electrons. The molecule has 2 rings (SSSR count). The number of halogens is 1. The zero-order chi connectivity index (χ0) is 18.2. The number of carbonyl (C=O) groups excluding carboxylic acids is 1. The van der Waals surface area contributed by atoms with Gasteiger partial charge in [-0.1, -0.05) is 13.8 Å². The number of hydrogen-bond acceptors (Lipinski definition) is 4. The lowest BCUT2D eigenvalue weighted by molar-refractivity contribution is -0.136. The van der Waals surface area contributed by atoms with Crippen molar-refractivity contribution in [2.24, 2.45) is 10.9 Å². The van der Waals surface area contributed by atoms with Crippen LogP contribution >= 0.6 is 35.3 Å². The van der Waals surface area contributed by atoms with Crippen LogP contribution < -0.4 is 10.6 Å². The van der Waals surface area contributed by atoms with Crippen LogP contribution in [-0.2, 0) is 11.3 Å². The number of rotatable bonds is 6. The topological polar surface area (TPSA) is 69.6 Å². The number of nitrogens with zero attached hydrogens (tertiary/aromatic N) is 3. The molecule has 1 aromatic heterocycles. The van der Waals surface area contributed by atoms with Crippen molar-refractivity contribution in [1.82, 2.24) is 20.5 Å². The minimum absolute atomic E-state index is 0. The molecule has 6 nitrogen and oxygen atoms in total. The lowest BCUT2D eigenvalue weighted by Gasteiger charge is -2.34. The average Bonchev–Trinajstić information content (AvgIpc) is 3.05. The number of aryl methyl sites for hydroxylation is 1. The predicted octanol–water partition coefficient (Wildman–Crippen LogP) is 3.16. The molecule has 0 spiro atoms. The number of aliphatic imine (C=N–C) groups is 1. The molecule has 8 heteroatoms. The summed E-state index contributed by atoms with van der Waals surface area (Å²) < 4.78 is 0. The number of guanidine groups is 1. The Labute approximate surface area is 178 Å². The molecular formula is C18H32IN5OS. The molecule has 0 atom stereocenters. The summed E-state index contributed by atoms with van der Waals surface area (Å²) in [5, 5.41) is 7.86. The Morgan fingerprint density at radius 2 is 2.04 bits per heavy atom. The maximum Gasteiger partial charge on any atom is 0.225 e. The van der Waals surface area contributed by atoms with Crippen LogP contribution in [0.1, 0.15) is 49.4 Å². The summed E-state index contributed by atoms with van der Waals surface area (Å²) in [6, 6.07) is 0.356. The van der Waals surface area contributed by atoms with E-state index in [1.54, 1.807) is 18.4 Å². The number of amides is 1. The van der Waals surface area contributed by atoms with Crippen molar-refractivity contribution in [3.63, 3.8) is 0 Å². The van der Waals surface area contributed by atoms with E-state index < -0.39 is 0 Å². The Bertz CT molecular complexity index is 580. The highest BCUT2D eigenvalue weighted by Gasteiger charge is 2.26. The van der Waals surface area contributed by atoms with Crippen LogP contribution in [0.25, 0.3) is 0 Å². The number of hydrogen-bond donors (Lipinski definition) is 2. The zero-order valence-corrected chi connectivity index (χ0v) is 19.4. The van der Waals surface area contributed by atoms with Gasteiger partial charge in [0.2, 0.25) is 5.91 Å². The maximum absolute atomic E-state index is 12.5. The SMILES string of the molecule is CCC(CC)C(=O)N1CCC(NC(=NC)NCc2ncc(C)s2)CC1.I. The molecule has 1 aliphatic heterocycles. The summed E-state index contributed by atoms with van der Waals surface area (Å²) in [6.45, 7) is 8.60. The van der Waals surface area contributed by atoms with Crippen molar-refractivity contribution < 1.29 is 4.79 Å². The van der Waals surface area contributed by atoms with E-state index >= 15 is 0 Å². The molecule has 0 aliphatic carbocycles. The van der Waals surface area contributed by atoms with Crippen molar-refractivity contribution in [3.8, 4) is 0 Å². The van der Waals surface area contributed by atoms with Gasteiger partial charge in [0, 0.05) is 43.2 Å². The summed E-state index contributed by atoms with van der Waals surface area (Å²) in [6.07, 6.45) is 5.68. The van der Waals surface area contributed by atoms with Gasteiger partial charge >= 0.3 is 0 Å². The fourth-order valence-electron chi connectivity index (χ4n) is 3.17. The van der Waals surface area contributed by atoms with Crippen LogP contribution in [-0.4, -0.2) is 47.9 Å². The summed E-state index contributed by atoms with van der Waals surface area (Å²) in [4.78, 5) is 24.4. The van der Waals surface area contributed by atoms with E-state index in [4.69, 9.17) is 0 Å². The van der Waals surface area contributed by atoms with E-state index in [2.05, 4.69) is 41.4 Å². The van der Waals surface area contributed by atoms with Gasteiger partial charge < -0.3 is 15.5 Å². The van der Waals surface area contributed by atoms with Gasteiger partial charge in [-0.3, -0.25) is 9.79 Å². The van der Waals surface area contributed by atoms with Crippen molar-refractivity contribution in [1.29, 1.82) is 0 Å². The Balaban J connectivity index is 0.00000338. The van der Waals surface area contributed by atoms with Gasteiger partial charge in [0.25, 0.3) is 0 Å². The molecule has 1 amide bonds. The van der Waals surface area contributed by atoms with E-state index in [-0.39, 0.29) is 29.9 Å². The Morgan fingerprint density at radius 1 is 1.38 bits per heavy atom. The second-order valence-electron chi connectivity index (χ2n) is 6.55. The van der Waals surface area contributed by atoms with Crippen molar-refractivity contribution in [2.45, 2.75) is 59.0 Å². The normalized spacial score (nSPS) is 15.7. The molecule has 1 aromatic rings. The first-order valence-electron chi connectivity index (χ1n) is 9.24. The van der Waals surface area contributed by atoms with E-state index in [1.807, 2.05) is 11.1 Å². The molecule has 0 aromatic carbocycles. The third-order valence-corrected chi connectivity index (χ3v) is 5.69. The van der Waals surface area contributed by atoms with Crippen LogP contribution in [0.15, 0.2) is 11.2 Å². The lowest BCUT2D eigenvalue weighted by atomic mass is 9.98. The van der Waals surface area contributed by atoms with Crippen molar-refractivity contribution in [3.05, 3.63) is 16.1 Å². The van der Waals surface area contributed by atoms with Gasteiger partial charge in [0.05, 0.1) is 6.54 Å². The Hall–Kier alpha value is -0.900. The largest absolute Gasteiger partial charge is 0.354 e. The van der Waals surface area contributed by atoms with Crippen LogP contribution in [0, 0.1) is 12.8 Å². The maximum atomic E-state index is 12.5. The number of likely N-dealkylation sites (tertiary alicyclic amines) is 1. The molecule has 0 unspecified atom stereocenters. The summed E-state index contributed by atoms with van der Waals surface area (Å²) in [5.74, 6) is 1.31. The molecule has 2 N–H and O–H groups in total. The molecule has 0 radical (unpaired) electrons. The highest BCUT2D eigenvalue weighted by molar-refractivity contribution is 14.0. The molecule has 0 bridgehead atoms. The third-order valence-electron chi connectivity index (χ3n) is 4.78. The second-order valence-corrected chi connectivity index (χ2v) is 7.87.